The van der Waals surface area contributed by atoms with Gasteiger partial charge < -0.3 is 19.1 Å². The van der Waals surface area contributed by atoms with E-state index in [-0.39, 0.29) is 23.7 Å². The molecule has 1 unspecified atom stereocenters. The molecule has 0 radical (unpaired) electrons. The van der Waals surface area contributed by atoms with E-state index in [0.717, 1.165) is 6.26 Å². The minimum atomic E-state index is -3.29. The molecule has 1 aromatic rings. The summed E-state index contributed by atoms with van der Waals surface area (Å²) in [5.74, 6) is 0. The minimum absolute atomic E-state index is 0.00229. The molecule has 0 N–H and O–H groups in total. The third-order valence-corrected chi connectivity index (χ3v) is 6.06. The molecule has 2 aliphatic rings. The van der Waals surface area contributed by atoms with Crippen molar-refractivity contribution in [3.8, 4) is 0 Å². The highest BCUT2D eigenvalue weighted by molar-refractivity contribution is 7.90. The number of anilines is 1. The van der Waals surface area contributed by atoms with Crippen LogP contribution in [0.5, 0.6) is 0 Å². The number of carbonyl (C=O) groups excluding carboxylic acids is 2. The van der Waals surface area contributed by atoms with Crippen LogP contribution < -0.4 is 4.90 Å². The molecule has 0 aliphatic carbocycles. The molecule has 1 aromatic carbocycles. The standard InChI is InChI=1S/C19H26N2O7S/c1-3-26-18(22)20-10-8-15(9-11-20)27-13-16-12-21(19(23)28-16)14-4-6-17(7-5-14)29(2,24)25/h4-7,15-16H,3,8-13H2,1-2H3. The van der Waals surface area contributed by atoms with E-state index >= 15 is 0 Å². The van der Waals surface area contributed by atoms with Crippen LogP contribution in [0.25, 0.3) is 0 Å². The maximum absolute atomic E-state index is 12.2. The summed E-state index contributed by atoms with van der Waals surface area (Å²) >= 11 is 0. The lowest BCUT2D eigenvalue weighted by Crippen LogP contribution is -2.41. The number of ether oxygens (including phenoxy) is 3. The molecule has 2 heterocycles. The Hall–Kier alpha value is -2.33. The zero-order valence-corrected chi connectivity index (χ0v) is 17.4. The third-order valence-electron chi connectivity index (χ3n) is 4.94. The van der Waals surface area contributed by atoms with Crippen molar-refractivity contribution < 1.29 is 32.2 Å². The number of cyclic esters (lactones) is 1. The van der Waals surface area contributed by atoms with Crippen LogP contribution in [0.3, 0.4) is 0 Å². The normalized spacial score (nSPS) is 20.6. The summed E-state index contributed by atoms with van der Waals surface area (Å²) in [5, 5.41) is 0. The van der Waals surface area contributed by atoms with E-state index in [9.17, 15) is 18.0 Å². The monoisotopic (exact) mass is 426 g/mol. The molecule has 0 bridgehead atoms. The number of carbonyl (C=O) groups is 2. The first-order valence-electron chi connectivity index (χ1n) is 9.59. The molecule has 29 heavy (non-hydrogen) atoms. The lowest BCUT2D eigenvalue weighted by atomic mass is 10.1. The van der Waals surface area contributed by atoms with Gasteiger partial charge in [0.1, 0.15) is 6.10 Å². The van der Waals surface area contributed by atoms with Crippen LogP contribution in [0.2, 0.25) is 0 Å². The van der Waals surface area contributed by atoms with Gasteiger partial charge in [-0.25, -0.2) is 18.0 Å². The summed E-state index contributed by atoms with van der Waals surface area (Å²) in [7, 11) is -3.29. The quantitative estimate of drug-likeness (QED) is 0.686. The Morgan fingerprint density at radius 2 is 1.86 bits per heavy atom. The van der Waals surface area contributed by atoms with Crippen molar-refractivity contribution in [2.75, 3.05) is 44.0 Å². The molecule has 2 amide bonds. The van der Waals surface area contributed by atoms with Crippen LogP contribution in [0.1, 0.15) is 19.8 Å². The van der Waals surface area contributed by atoms with E-state index in [0.29, 0.717) is 44.8 Å². The van der Waals surface area contributed by atoms with Gasteiger partial charge >= 0.3 is 12.2 Å². The molecule has 10 heteroatoms. The second-order valence-electron chi connectivity index (χ2n) is 7.10. The molecule has 2 saturated heterocycles. The van der Waals surface area contributed by atoms with E-state index in [4.69, 9.17) is 14.2 Å². The van der Waals surface area contributed by atoms with E-state index in [1.54, 1.807) is 24.0 Å². The molecular weight excluding hydrogens is 400 g/mol. The topological polar surface area (TPSA) is 102 Å². The summed E-state index contributed by atoms with van der Waals surface area (Å²) in [6.07, 6.45) is 1.36. The second kappa shape index (κ2) is 9.00. The molecule has 0 saturated carbocycles. The van der Waals surface area contributed by atoms with Gasteiger partial charge in [-0.1, -0.05) is 0 Å². The van der Waals surface area contributed by atoms with Crippen molar-refractivity contribution >= 4 is 27.7 Å². The number of amides is 2. The fraction of sp³-hybridized carbons (Fsp3) is 0.579. The second-order valence-corrected chi connectivity index (χ2v) is 9.12. The Bertz CT molecular complexity index is 833. The fourth-order valence-electron chi connectivity index (χ4n) is 3.36. The largest absolute Gasteiger partial charge is 0.450 e. The van der Waals surface area contributed by atoms with E-state index in [2.05, 4.69) is 0 Å². The fourth-order valence-corrected chi connectivity index (χ4v) is 3.99. The number of benzene rings is 1. The Morgan fingerprint density at radius 1 is 1.21 bits per heavy atom. The van der Waals surface area contributed by atoms with Gasteiger partial charge in [-0.05, 0) is 44.0 Å². The number of sulfone groups is 1. The lowest BCUT2D eigenvalue weighted by Gasteiger charge is -2.31. The summed E-state index contributed by atoms with van der Waals surface area (Å²) < 4.78 is 39.4. The SMILES string of the molecule is CCOC(=O)N1CCC(OCC2CN(c3ccc(S(C)(=O)=O)cc3)C(=O)O2)CC1. The van der Waals surface area contributed by atoms with Gasteiger partial charge in [-0.2, -0.15) is 0 Å². The number of hydrogen-bond donors (Lipinski definition) is 0. The molecule has 2 fully saturated rings. The van der Waals surface area contributed by atoms with Crippen molar-refractivity contribution in [3.05, 3.63) is 24.3 Å². The molecule has 0 spiro atoms. The predicted molar refractivity (Wildman–Crippen MR) is 105 cm³/mol. The first-order chi connectivity index (χ1) is 13.8. The van der Waals surface area contributed by atoms with Gasteiger partial charge in [0.15, 0.2) is 9.84 Å². The summed E-state index contributed by atoms with van der Waals surface area (Å²) in [5.41, 5.74) is 0.577. The Morgan fingerprint density at radius 3 is 2.45 bits per heavy atom. The maximum atomic E-state index is 12.2. The van der Waals surface area contributed by atoms with Gasteiger partial charge in [-0.15, -0.1) is 0 Å². The molecular formula is C19H26N2O7S. The number of hydrogen-bond acceptors (Lipinski definition) is 7. The molecule has 3 rings (SSSR count). The lowest BCUT2D eigenvalue weighted by molar-refractivity contribution is -0.0267. The first-order valence-corrected chi connectivity index (χ1v) is 11.5. The van der Waals surface area contributed by atoms with Crippen LogP contribution >= 0.6 is 0 Å². The maximum Gasteiger partial charge on any atom is 0.414 e. The number of likely N-dealkylation sites (tertiary alicyclic amines) is 1. The van der Waals surface area contributed by atoms with Crippen molar-refractivity contribution in [2.24, 2.45) is 0 Å². The molecule has 0 aromatic heterocycles. The van der Waals surface area contributed by atoms with Crippen molar-refractivity contribution in [2.45, 2.75) is 36.9 Å². The first kappa shape index (κ1) is 21.4. The number of piperidine rings is 1. The van der Waals surface area contributed by atoms with Gasteiger partial charge in [-0.3, -0.25) is 4.90 Å². The zero-order valence-electron chi connectivity index (χ0n) is 16.6. The van der Waals surface area contributed by atoms with Crippen LogP contribution in [0.4, 0.5) is 15.3 Å². The number of nitrogens with zero attached hydrogens (tertiary/aromatic N) is 2. The smallest absolute Gasteiger partial charge is 0.414 e. The van der Waals surface area contributed by atoms with Gasteiger partial charge in [0.2, 0.25) is 0 Å². The van der Waals surface area contributed by atoms with E-state index in [1.165, 1.54) is 17.0 Å². The van der Waals surface area contributed by atoms with E-state index in [1.807, 2.05) is 0 Å². The van der Waals surface area contributed by atoms with Crippen molar-refractivity contribution in [1.29, 1.82) is 0 Å². The van der Waals surface area contributed by atoms with Gasteiger partial charge in [0.05, 0.1) is 30.8 Å². The van der Waals surface area contributed by atoms with E-state index < -0.39 is 22.0 Å². The minimum Gasteiger partial charge on any atom is -0.450 e. The molecule has 160 valence electrons. The predicted octanol–water partition coefficient (Wildman–Crippen LogP) is 2.05. The summed E-state index contributed by atoms with van der Waals surface area (Å²) in [4.78, 5) is 27.2. The van der Waals surface area contributed by atoms with Gasteiger partial charge in [0, 0.05) is 25.0 Å². The molecule has 1 atom stereocenters. The Balaban J connectivity index is 1.47. The highest BCUT2D eigenvalue weighted by atomic mass is 32.2. The third kappa shape index (κ3) is 5.39. The Labute approximate surface area is 170 Å². The van der Waals surface area contributed by atoms with Crippen molar-refractivity contribution in [3.63, 3.8) is 0 Å². The Kier molecular flexibility index (Phi) is 6.63. The average molecular weight is 426 g/mol. The average Bonchev–Trinajstić information content (AvgIpc) is 3.07. The zero-order chi connectivity index (χ0) is 21.0. The van der Waals surface area contributed by atoms with Gasteiger partial charge in [0.25, 0.3) is 0 Å². The molecule has 9 nitrogen and oxygen atoms in total. The van der Waals surface area contributed by atoms with Crippen molar-refractivity contribution in [1.82, 2.24) is 4.90 Å². The van der Waals surface area contributed by atoms with Crippen LogP contribution in [-0.2, 0) is 24.0 Å². The highest BCUT2D eigenvalue weighted by Gasteiger charge is 2.33. The van der Waals surface area contributed by atoms with Crippen LogP contribution in [0.15, 0.2) is 29.2 Å². The molecule has 2 aliphatic heterocycles. The van der Waals surface area contributed by atoms with Crippen LogP contribution in [-0.4, -0.2) is 76.8 Å². The summed E-state index contributed by atoms with van der Waals surface area (Å²) in [6, 6.07) is 6.12. The summed E-state index contributed by atoms with van der Waals surface area (Å²) in [6.45, 7) is 3.89. The highest BCUT2D eigenvalue weighted by Crippen LogP contribution is 2.24. The van der Waals surface area contributed by atoms with Crippen LogP contribution in [0, 0.1) is 0 Å². The number of rotatable bonds is 6.